The fourth-order valence-corrected chi connectivity index (χ4v) is 2.12. The summed E-state index contributed by atoms with van der Waals surface area (Å²) in [6, 6.07) is 4.07. The molecule has 0 unspecified atom stereocenters. The molecule has 1 aromatic rings. The topological polar surface area (TPSA) is 41.6 Å². The van der Waals surface area contributed by atoms with E-state index in [2.05, 4.69) is 5.32 Å². The average molecular weight is 302 g/mol. The van der Waals surface area contributed by atoms with Crippen LogP contribution in [0.5, 0.6) is 0 Å². The molecule has 1 aliphatic heterocycles. The first-order valence-corrected chi connectivity index (χ1v) is 6.71. The van der Waals surface area contributed by atoms with Gasteiger partial charge in [-0.05, 0) is 37.6 Å². The van der Waals surface area contributed by atoms with E-state index in [1.54, 1.807) is 4.90 Å². The maximum absolute atomic E-state index is 12.5. The number of alkyl halides is 3. The number of rotatable bonds is 1. The highest BCUT2D eigenvalue weighted by Crippen LogP contribution is 2.29. The van der Waals surface area contributed by atoms with E-state index in [1.165, 1.54) is 12.1 Å². The van der Waals surface area contributed by atoms with Crippen LogP contribution in [0.25, 0.3) is 0 Å². The Morgan fingerprint density at radius 2 is 2.00 bits per heavy atom. The predicted octanol–water partition coefficient (Wildman–Crippen LogP) is 3.35. The van der Waals surface area contributed by atoms with Crippen molar-refractivity contribution >= 4 is 11.7 Å². The Labute approximate surface area is 120 Å². The third-order valence-electron chi connectivity index (χ3n) is 3.20. The monoisotopic (exact) mass is 302 g/mol. The Morgan fingerprint density at radius 3 is 2.62 bits per heavy atom. The fourth-order valence-electron chi connectivity index (χ4n) is 2.12. The van der Waals surface area contributed by atoms with Gasteiger partial charge in [0.1, 0.15) is 0 Å². The second-order valence-corrected chi connectivity index (χ2v) is 4.99. The zero-order valence-electron chi connectivity index (χ0n) is 11.6. The van der Waals surface area contributed by atoms with E-state index in [4.69, 9.17) is 4.74 Å². The Kier molecular flexibility index (Phi) is 4.72. The Bertz CT molecular complexity index is 488. The summed E-state index contributed by atoms with van der Waals surface area (Å²) >= 11 is 0. The zero-order valence-corrected chi connectivity index (χ0v) is 11.6. The van der Waals surface area contributed by atoms with Gasteiger partial charge in [0, 0.05) is 25.4 Å². The van der Waals surface area contributed by atoms with Gasteiger partial charge in [-0.15, -0.1) is 0 Å². The van der Waals surface area contributed by atoms with Gasteiger partial charge in [0.05, 0.1) is 11.7 Å². The van der Waals surface area contributed by atoms with Crippen molar-refractivity contribution in [3.8, 4) is 0 Å². The molecule has 116 valence electrons. The molecule has 0 bridgehead atoms. The standard InChI is InChI=1S/C14H17F3N2O2/c1-10-9-19(7-2-8-21-10)13(20)18-12-5-3-11(4-6-12)14(15,16)17/h3-6,10H,2,7-9H2,1H3,(H,18,20)/t10-/m0/s1. The molecule has 1 saturated heterocycles. The van der Waals surface area contributed by atoms with Crippen LogP contribution >= 0.6 is 0 Å². The summed E-state index contributed by atoms with van der Waals surface area (Å²) in [5.41, 5.74) is -0.400. The van der Waals surface area contributed by atoms with Crippen LogP contribution in [0.1, 0.15) is 18.9 Å². The van der Waals surface area contributed by atoms with Crippen LogP contribution in [-0.4, -0.2) is 36.7 Å². The smallest absolute Gasteiger partial charge is 0.377 e. The van der Waals surface area contributed by atoms with Gasteiger partial charge in [0.25, 0.3) is 0 Å². The van der Waals surface area contributed by atoms with Gasteiger partial charge in [-0.3, -0.25) is 0 Å². The number of hydrogen-bond donors (Lipinski definition) is 1. The molecule has 1 aliphatic rings. The van der Waals surface area contributed by atoms with Crippen LogP contribution in [-0.2, 0) is 10.9 Å². The summed E-state index contributed by atoms with van der Waals surface area (Å²) < 4.78 is 42.8. The van der Waals surface area contributed by atoms with Crippen molar-refractivity contribution in [2.75, 3.05) is 25.0 Å². The van der Waals surface area contributed by atoms with Gasteiger partial charge >= 0.3 is 12.2 Å². The zero-order chi connectivity index (χ0) is 15.5. The quantitative estimate of drug-likeness (QED) is 0.864. The minimum Gasteiger partial charge on any atom is -0.377 e. The molecule has 1 N–H and O–H groups in total. The molecule has 2 rings (SSSR count). The lowest BCUT2D eigenvalue weighted by Crippen LogP contribution is -2.38. The van der Waals surface area contributed by atoms with Crippen molar-refractivity contribution in [2.45, 2.75) is 25.6 Å². The number of urea groups is 1. The van der Waals surface area contributed by atoms with Gasteiger partial charge in [0.15, 0.2) is 0 Å². The van der Waals surface area contributed by atoms with Gasteiger partial charge < -0.3 is 15.0 Å². The molecule has 1 fully saturated rings. The Balaban J connectivity index is 1.99. The minimum absolute atomic E-state index is 0.0501. The van der Waals surface area contributed by atoms with Crippen molar-refractivity contribution in [2.24, 2.45) is 0 Å². The lowest BCUT2D eigenvalue weighted by Gasteiger charge is -2.22. The van der Waals surface area contributed by atoms with Crippen molar-refractivity contribution < 1.29 is 22.7 Å². The number of ether oxygens (including phenoxy) is 1. The Morgan fingerprint density at radius 1 is 1.33 bits per heavy atom. The summed E-state index contributed by atoms with van der Waals surface area (Å²) in [6.45, 7) is 3.51. The van der Waals surface area contributed by atoms with E-state index in [9.17, 15) is 18.0 Å². The van der Waals surface area contributed by atoms with Crippen LogP contribution in [0.15, 0.2) is 24.3 Å². The first-order valence-electron chi connectivity index (χ1n) is 6.71. The highest BCUT2D eigenvalue weighted by Gasteiger charge is 2.30. The average Bonchev–Trinajstić information content (AvgIpc) is 2.63. The molecule has 4 nitrogen and oxygen atoms in total. The van der Waals surface area contributed by atoms with E-state index in [-0.39, 0.29) is 12.1 Å². The van der Waals surface area contributed by atoms with Crippen LogP contribution < -0.4 is 5.32 Å². The largest absolute Gasteiger partial charge is 0.416 e. The van der Waals surface area contributed by atoms with Crippen molar-refractivity contribution in [1.29, 1.82) is 0 Å². The van der Waals surface area contributed by atoms with Crippen molar-refractivity contribution in [1.82, 2.24) is 4.90 Å². The van der Waals surface area contributed by atoms with Gasteiger partial charge in [-0.25, -0.2) is 4.79 Å². The normalized spacial score (nSPS) is 20.0. The van der Waals surface area contributed by atoms with Gasteiger partial charge in [-0.1, -0.05) is 0 Å². The van der Waals surface area contributed by atoms with E-state index in [0.717, 1.165) is 18.6 Å². The SMILES string of the molecule is C[C@H]1CN(C(=O)Nc2ccc(C(F)(F)F)cc2)CCCO1. The number of carbonyl (C=O) groups excluding carboxylic acids is 1. The molecule has 1 aromatic carbocycles. The molecule has 0 aromatic heterocycles. The first kappa shape index (κ1) is 15.6. The molecular formula is C14H17F3N2O2. The third-order valence-corrected chi connectivity index (χ3v) is 3.20. The number of hydrogen-bond acceptors (Lipinski definition) is 2. The third kappa shape index (κ3) is 4.35. The fraction of sp³-hybridized carbons (Fsp3) is 0.500. The number of halogens is 3. The van der Waals surface area contributed by atoms with E-state index in [1.807, 2.05) is 6.92 Å². The molecule has 0 radical (unpaired) electrons. The molecule has 1 heterocycles. The molecule has 0 spiro atoms. The molecular weight excluding hydrogens is 285 g/mol. The summed E-state index contributed by atoms with van der Waals surface area (Å²) in [7, 11) is 0. The molecule has 7 heteroatoms. The molecule has 0 saturated carbocycles. The minimum atomic E-state index is -4.37. The highest BCUT2D eigenvalue weighted by atomic mass is 19.4. The van der Waals surface area contributed by atoms with E-state index in [0.29, 0.717) is 25.4 Å². The van der Waals surface area contributed by atoms with E-state index >= 15 is 0 Å². The molecule has 2 amide bonds. The maximum Gasteiger partial charge on any atom is 0.416 e. The van der Waals surface area contributed by atoms with Gasteiger partial charge in [-0.2, -0.15) is 13.2 Å². The summed E-state index contributed by atoms with van der Waals surface area (Å²) in [5, 5.41) is 2.60. The summed E-state index contributed by atoms with van der Waals surface area (Å²) in [4.78, 5) is 13.7. The predicted molar refractivity (Wildman–Crippen MR) is 72.1 cm³/mol. The molecule has 0 aliphatic carbocycles. The lowest BCUT2D eigenvalue weighted by molar-refractivity contribution is -0.137. The number of benzene rings is 1. The van der Waals surface area contributed by atoms with Crippen LogP contribution in [0, 0.1) is 0 Å². The second kappa shape index (κ2) is 6.34. The second-order valence-electron chi connectivity index (χ2n) is 4.99. The first-order chi connectivity index (χ1) is 9.86. The highest BCUT2D eigenvalue weighted by molar-refractivity contribution is 5.89. The van der Waals surface area contributed by atoms with Gasteiger partial charge in [0.2, 0.25) is 0 Å². The van der Waals surface area contributed by atoms with Crippen LogP contribution in [0.2, 0.25) is 0 Å². The summed E-state index contributed by atoms with van der Waals surface area (Å²) in [5.74, 6) is 0. The Hall–Kier alpha value is -1.76. The summed E-state index contributed by atoms with van der Waals surface area (Å²) in [6.07, 6.45) is -3.68. The number of nitrogens with one attached hydrogen (secondary N) is 1. The van der Waals surface area contributed by atoms with Crippen molar-refractivity contribution in [3.05, 3.63) is 29.8 Å². The lowest BCUT2D eigenvalue weighted by atomic mass is 10.2. The van der Waals surface area contributed by atoms with Crippen LogP contribution in [0.4, 0.5) is 23.7 Å². The number of nitrogens with zero attached hydrogens (tertiary/aromatic N) is 1. The van der Waals surface area contributed by atoms with E-state index < -0.39 is 11.7 Å². The van der Waals surface area contributed by atoms with Crippen LogP contribution in [0.3, 0.4) is 0 Å². The van der Waals surface area contributed by atoms with Crippen molar-refractivity contribution in [3.63, 3.8) is 0 Å². The molecule has 1 atom stereocenters. The molecule has 21 heavy (non-hydrogen) atoms. The number of amides is 2. The number of carbonyl (C=O) groups is 1. The number of anilines is 1. The maximum atomic E-state index is 12.5.